The number of para-hydroxylation sites is 1. The average molecular weight is 435 g/mol. The molecule has 148 valence electrons. The van der Waals surface area contributed by atoms with E-state index in [0.29, 0.717) is 26.4 Å². The molecule has 1 fully saturated rings. The molecule has 7 heteroatoms. The SMILES string of the molecule is O=C1NC(=Nc2ccccc2)S/C1=C\c1ccc(OC(=O)c2ccccc2Cl)cc1. The van der Waals surface area contributed by atoms with E-state index < -0.39 is 5.97 Å². The molecule has 30 heavy (non-hydrogen) atoms. The minimum Gasteiger partial charge on any atom is -0.423 e. The van der Waals surface area contributed by atoms with Crippen LogP contribution in [-0.2, 0) is 4.79 Å². The fourth-order valence-corrected chi connectivity index (χ4v) is 3.73. The summed E-state index contributed by atoms with van der Waals surface area (Å²) < 4.78 is 5.36. The predicted octanol–water partition coefficient (Wildman–Crippen LogP) is 5.45. The van der Waals surface area contributed by atoms with Crippen molar-refractivity contribution in [2.24, 2.45) is 4.99 Å². The molecule has 1 aliphatic rings. The zero-order valence-corrected chi connectivity index (χ0v) is 17.1. The van der Waals surface area contributed by atoms with Crippen LogP contribution in [0.3, 0.4) is 0 Å². The molecule has 3 aromatic rings. The molecule has 0 saturated carbocycles. The third kappa shape index (κ3) is 4.79. The van der Waals surface area contributed by atoms with E-state index in [0.717, 1.165) is 11.3 Å². The second-order valence-corrected chi connectivity index (χ2v) is 7.69. The van der Waals surface area contributed by atoms with Crippen molar-refractivity contribution >= 4 is 52.2 Å². The highest BCUT2D eigenvalue weighted by molar-refractivity contribution is 8.18. The largest absolute Gasteiger partial charge is 0.423 e. The minimum absolute atomic E-state index is 0.205. The lowest BCUT2D eigenvalue weighted by Gasteiger charge is -2.06. The van der Waals surface area contributed by atoms with Gasteiger partial charge in [-0.15, -0.1) is 0 Å². The maximum absolute atomic E-state index is 12.2. The summed E-state index contributed by atoms with van der Waals surface area (Å²) in [4.78, 5) is 29.4. The molecule has 1 heterocycles. The third-order valence-corrected chi connectivity index (χ3v) is 5.36. The van der Waals surface area contributed by atoms with Gasteiger partial charge in [0.15, 0.2) is 5.17 Å². The minimum atomic E-state index is -0.529. The van der Waals surface area contributed by atoms with Gasteiger partial charge in [-0.1, -0.05) is 54.1 Å². The Morgan fingerprint density at radius 2 is 1.67 bits per heavy atom. The van der Waals surface area contributed by atoms with Crippen LogP contribution in [0.2, 0.25) is 5.02 Å². The standard InChI is InChI=1S/C23H15ClN2O3S/c24-19-9-5-4-8-18(19)22(28)29-17-12-10-15(11-13-17)14-20-21(27)26-23(30-20)25-16-6-2-1-3-7-16/h1-14H,(H,25,26,27)/b20-14-. The first-order valence-corrected chi connectivity index (χ1v) is 10.2. The molecule has 0 aliphatic carbocycles. The Labute approximate surface area is 182 Å². The van der Waals surface area contributed by atoms with Crippen LogP contribution in [0.5, 0.6) is 5.75 Å². The molecule has 0 unspecified atom stereocenters. The lowest BCUT2D eigenvalue weighted by atomic mass is 10.2. The fraction of sp³-hybridized carbons (Fsp3) is 0. The van der Waals surface area contributed by atoms with Gasteiger partial charge in [-0.2, -0.15) is 0 Å². The highest BCUT2D eigenvalue weighted by Crippen LogP contribution is 2.28. The van der Waals surface area contributed by atoms with Crippen molar-refractivity contribution in [1.82, 2.24) is 5.32 Å². The van der Waals surface area contributed by atoms with Gasteiger partial charge >= 0.3 is 5.97 Å². The van der Waals surface area contributed by atoms with Crippen molar-refractivity contribution in [3.8, 4) is 5.75 Å². The summed E-state index contributed by atoms with van der Waals surface area (Å²) in [5.41, 5.74) is 1.87. The second-order valence-electron chi connectivity index (χ2n) is 6.26. The number of amides is 1. The molecule has 0 atom stereocenters. The molecule has 0 spiro atoms. The number of esters is 1. The van der Waals surface area contributed by atoms with Gasteiger partial charge in [-0.25, -0.2) is 9.79 Å². The lowest BCUT2D eigenvalue weighted by Crippen LogP contribution is -2.19. The van der Waals surface area contributed by atoms with Crippen LogP contribution in [0, 0.1) is 0 Å². The Morgan fingerprint density at radius 1 is 0.967 bits per heavy atom. The summed E-state index contributed by atoms with van der Waals surface area (Å²) in [5.74, 6) is -0.347. The van der Waals surface area contributed by atoms with Gasteiger partial charge < -0.3 is 10.1 Å². The number of nitrogens with one attached hydrogen (secondary N) is 1. The molecule has 1 saturated heterocycles. The molecule has 4 rings (SSSR count). The summed E-state index contributed by atoms with van der Waals surface area (Å²) in [6.07, 6.45) is 1.76. The number of thioether (sulfide) groups is 1. The molecule has 1 amide bonds. The number of benzene rings is 3. The molecule has 1 aliphatic heterocycles. The molecular formula is C23H15ClN2O3S. The van der Waals surface area contributed by atoms with E-state index in [2.05, 4.69) is 10.3 Å². The van der Waals surface area contributed by atoms with E-state index in [-0.39, 0.29) is 5.91 Å². The molecule has 0 radical (unpaired) electrons. The lowest BCUT2D eigenvalue weighted by molar-refractivity contribution is -0.115. The highest BCUT2D eigenvalue weighted by atomic mass is 35.5. The molecular weight excluding hydrogens is 420 g/mol. The quantitative estimate of drug-likeness (QED) is 0.337. The maximum Gasteiger partial charge on any atom is 0.345 e. The maximum atomic E-state index is 12.2. The van der Waals surface area contributed by atoms with E-state index in [9.17, 15) is 9.59 Å². The number of hydrogen-bond acceptors (Lipinski definition) is 5. The summed E-state index contributed by atoms with van der Waals surface area (Å²) in [6, 6.07) is 23.0. The van der Waals surface area contributed by atoms with Gasteiger partial charge in [-0.3, -0.25) is 4.79 Å². The van der Waals surface area contributed by atoms with Crippen molar-refractivity contribution in [3.63, 3.8) is 0 Å². The van der Waals surface area contributed by atoms with Gasteiger partial charge in [0.1, 0.15) is 5.75 Å². The Balaban J connectivity index is 1.45. The van der Waals surface area contributed by atoms with Crippen molar-refractivity contribution in [2.45, 2.75) is 0 Å². The zero-order valence-electron chi connectivity index (χ0n) is 15.5. The summed E-state index contributed by atoms with van der Waals surface area (Å²) in [7, 11) is 0. The van der Waals surface area contributed by atoms with Gasteiger partial charge in [0, 0.05) is 0 Å². The van der Waals surface area contributed by atoms with Crippen LogP contribution in [0.15, 0.2) is 88.8 Å². The summed E-state index contributed by atoms with van der Waals surface area (Å²) >= 11 is 7.30. The first-order valence-electron chi connectivity index (χ1n) is 9.00. The molecule has 3 aromatic carbocycles. The number of carbonyl (C=O) groups is 2. The summed E-state index contributed by atoms with van der Waals surface area (Å²) in [6.45, 7) is 0. The van der Waals surface area contributed by atoms with Crippen molar-refractivity contribution < 1.29 is 14.3 Å². The van der Waals surface area contributed by atoms with Crippen LogP contribution < -0.4 is 10.1 Å². The van der Waals surface area contributed by atoms with Gasteiger partial charge in [0.2, 0.25) is 0 Å². The number of amidine groups is 1. The number of aliphatic imine (C=N–C) groups is 1. The number of rotatable bonds is 4. The fourth-order valence-electron chi connectivity index (χ4n) is 2.67. The molecule has 0 bridgehead atoms. The Morgan fingerprint density at radius 3 is 2.40 bits per heavy atom. The summed E-state index contributed by atoms with van der Waals surface area (Å²) in [5, 5.41) is 3.62. The van der Waals surface area contributed by atoms with Crippen LogP contribution >= 0.6 is 23.4 Å². The normalized spacial score (nSPS) is 16.0. The van der Waals surface area contributed by atoms with Gasteiger partial charge in [-0.05, 0) is 59.8 Å². The van der Waals surface area contributed by atoms with Crippen LogP contribution in [0.25, 0.3) is 6.08 Å². The van der Waals surface area contributed by atoms with Crippen molar-refractivity contribution in [3.05, 3.63) is 99.9 Å². The molecule has 1 N–H and O–H groups in total. The zero-order chi connectivity index (χ0) is 20.9. The first-order chi connectivity index (χ1) is 14.6. The third-order valence-electron chi connectivity index (χ3n) is 4.12. The molecule has 0 aromatic heterocycles. The van der Waals surface area contributed by atoms with Gasteiger partial charge in [0.05, 0.1) is 21.2 Å². The Kier molecular flexibility index (Phi) is 5.97. The number of halogens is 1. The smallest absolute Gasteiger partial charge is 0.345 e. The van der Waals surface area contributed by atoms with E-state index in [1.165, 1.54) is 11.8 Å². The van der Waals surface area contributed by atoms with Crippen molar-refractivity contribution in [2.75, 3.05) is 0 Å². The number of ether oxygens (including phenoxy) is 1. The Hall–Kier alpha value is -3.35. The highest BCUT2D eigenvalue weighted by Gasteiger charge is 2.23. The second kappa shape index (κ2) is 8.98. The Bertz CT molecular complexity index is 1160. The van der Waals surface area contributed by atoms with E-state index in [4.69, 9.17) is 16.3 Å². The number of carbonyl (C=O) groups excluding carboxylic acids is 2. The first kappa shape index (κ1) is 19.9. The predicted molar refractivity (Wildman–Crippen MR) is 120 cm³/mol. The monoisotopic (exact) mass is 434 g/mol. The van der Waals surface area contributed by atoms with E-state index in [1.54, 1.807) is 54.6 Å². The topological polar surface area (TPSA) is 67.8 Å². The number of nitrogens with zero attached hydrogens (tertiary/aromatic N) is 1. The van der Waals surface area contributed by atoms with Crippen LogP contribution in [0.1, 0.15) is 15.9 Å². The van der Waals surface area contributed by atoms with E-state index >= 15 is 0 Å². The molecule has 5 nitrogen and oxygen atoms in total. The van der Waals surface area contributed by atoms with Gasteiger partial charge in [0.25, 0.3) is 5.91 Å². The number of hydrogen-bond donors (Lipinski definition) is 1. The van der Waals surface area contributed by atoms with E-state index in [1.807, 2.05) is 30.3 Å². The van der Waals surface area contributed by atoms with Crippen LogP contribution in [-0.4, -0.2) is 17.0 Å². The average Bonchev–Trinajstić information content (AvgIpc) is 3.09. The van der Waals surface area contributed by atoms with Crippen molar-refractivity contribution in [1.29, 1.82) is 0 Å². The van der Waals surface area contributed by atoms with Crippen LogP contribution in [0.4, 0.5) is 5.69 Å².